The molecule has 1 atom stereocenters. The van der Waals surface area contributed by atoms with E-state index in [-0.39, 0.29) is 0 Å². The van der Waals surface area contributed by atoms with E-state index in [0.29, 0.717) is 0 Å². The molecule has 0 aromatic carbocycles. The van der Waals surface area contributed by atoms with Gasteiger partial charge in [-0.3, -0.25) is 0 Å². The van der Waals surface area contributed by atoms with Crippen LogP contribution >= 0.6 is 0 Å². The van der Waals surface area contributed by atoms with E-state index in [1.54, 1.807) is 0 Å². The van der Waals surface area contributed by atoms with Gasteiger partial charge in [0, 0.05) is 12.6 Å². The van der Waals surface area contributed by atoms with Crippen LogP contribution < -0.4 is 10.6 Å². The summed E-state index contributed by atoms with van der Waals surface area (Å²) in [6.07, 6.45) is 11.4. The first-order valence-electron chi connectivity index (χ1n) is 6.06. The molecule has 2 rings (SSSR count). The fraction of sp³-hybridized carbons (Fsp3) is 0.833. The molecule has 1 saturated heterocycles. The molecule has 0 aromatic heterocycles. The third-order valence-corrected chi connectivity index (χ3v) is 3.36. The molecule has 1 aliphatic heterocycles. The molecule has 0 spiro atoms. The summed E-state index contributed by atoms with van der Waals surface area (Å²) in [5, 5.41) is 7.10. The summed E-state index contributed by atoms with van der Waals surface area (Å²) >= 11 is 0. The average molecular weight is 194 g/mol. The molecule has 80 valence electrons. The molecule has 0 bridgehead atoms. The molecule has 0 saturated carbocycles. The van der Waals surface area contributed by atoms with Crippen molar-refractivity contribution in [1.82, 2.24) is 10.6 Å². The Labute approximate surface area is 87.2 Å². The van der Waals surface area contributed by atoms with Crippen LogP contribution in [0.1, 0.15) is 32.1 Å². The Kier molecular flexibility index (Phi) is 4.02. The normalized spacial score (nSPS) is 29.3. The number of rotatable bonds is 3. The molecular formula is C12H22N2. The molecule has 1 aliphatic carbocycles. The van der Waals surface area contributed by atoms with E-state index >= 15 is 0 Å². The molecule has 0 amide bonds. The van der Waals surface area contributed by atoms with Crippen molar-refractivity contribution in [2.24, 2.45) is 5.92 Å². The Morgan fingerprint density at radius 2 is 2.07 bits per heavy atom. The van der Waals surface area contributed by atoms with E-state index in [1.807, 2.05) is 0 Å². The van der Waals surface area contributed by atoms with Crippen molar-refractivity contribution in [2.45, 2.75) is 38.1 Å². The molecule has 0 radical (unpaired) electrons. The third-order valence-electron chi connectivity index (χ3n) is 3.36. The van der Waals surface area contributed by atoms with Crippen LogP contribution in [0.4, 0.5) is 0 Å². The van der Waals surface area contributed by atoms with Crippen molar-refractivity contribution < 1.29 is 0 Å². The smallest absolute Gasteiger partial charge is 0.00914 e. The zero-order valence-corrected chi connectivity index (χ0v) is 8.97. The van der Waals surface area contributed by atoms with E-state index in [1.165, 1.54) is 51.7 Å². The fourth-order valence-electron chi connectivity index (χ4n) is 2.40. The van der Waals surface area contributed by atoms with Gasteiger partial charge in [-0.25, -0.2) is 0 Å². The molecule has 1 heterocycles. The number of piperidine rings is 1. The summed E-state index contributed by atoms with van der Waals surface area (Å²) in [5.41, 5.74) is 0. The summed E-state index contributed by atoms with van der Waals surface area (Å²) in [7, 11) is 0. The van der Waals surface area contributed by atoms with Crippen molar-refractivity contribution in [3.05, 3.63) is 12.2 Å². The van der Waals surface area contributed by atoms with Crippen LogP contribution in [0, 0.1) is 5.92 Å². The molecule has 2 nitrogen and oxygen atoms in total. The van der Waals surface area contributed by atoms with Gasteiger partial charge >= 0.3 is 0 Å². The summed E-state index contributed by atoms with van der Waals surface area (Å²) in [6.45, 7) is 3.58. The second kappa shape index (κ2) is 5.52. The molecule has 2 N–H and O–H groups in total. The van der Waals surface area contributed by atoms with Gasteiger partial charge in [0.25, 0.3) is 0 Å². The second-order valence-corrected chi connectivity index (χ2v) is 4.55. The molecule has 0 aromatic rings. The quantitative estimate of drug-likeness (QED) is 0.668. The highest BCUT2D eigenvalue weighted by Crippen LogP contribution is 2.16. The first-order chi connectivity index (χ1) is 6.95. The number of hydrogen-bond donors (Lipinski definition) is 2. The van der Waals surface area contributed by atoms with Crippen LogP contribution in [0.25, 0.3) is 0 Å². The Bertz CT molecular complexity index is 183. The van der Waals surface area contributed by atoms with E-state index in [9.17, 15) is 0 Å². The van der Waals surface area contributed by atoms with Crippen LogP contribution in [-0.4, -0.2) is 25.7 Å². The van der Waals surface area contributed by atoms with Gasteiger partial charge in [-0.15, -0.1) is 0 Å². The Hall–Kier alpha value is -0.340. The van der Waals surface area contributed by atoms with Gasteiger partial charge in [0.15, 0.2) is 0 Å². The predicted molar refractivity (Wildman–Crippen MR) is 60.4 cm³/mol. The summed E-state index contributed by atoms with van der Waals surface area (Å²) in [6, 6.07) is 0.770. The maximum Gasteiger partial charge on any atom is 0.00914 e. The lowest BCUT2D eigenvalue weighted by atomic mass is 9.95. The largest absolute Gasteiger partial charge is 0.317 e. The van der Waals surface area contributed by atoms with E-state index in [4.69, 9.17) is 0 Å². The van der Waals surface area contributed by atoms with E-state index in [2.05, 4.69) is 22.8 Å². The maximum atomic E-state index is 3.70. The van der Waals surface area contributed by atoms with Crippen molar-refractivity contribution in [1.29, 1.82) is 0 Å². The van der Waals surface area contributed by atoms with Crippen LogP contribution in [0.2, 0.25) is 0 Å². The van der Waals surface area contributed by atoms with Crippen LogP contribution in [-0.2, 0) is 0 Å². The van der Waals surface area contributed by atoms with Crippen molar-refractivity contribution >= 4 is 0 Å². The van der Waals surface area contributed by atoms with Crippen molar-refractivity contribution in [3.8, 4) is 0 Å². The Morgan fingerprint density at radius 3 is 2.79 bits per heavy atom. The molecule has 2 aliphatic rings. The van der Waals surface area contributed by atoms with Gasteiger partial charge in [-0.2, -0.15) is 0 Å². The van der Waals surface area contributed by atoms with Gasteiger partial charge in [0.05, 0.1) is 0 Å². The van der Waals surface area contributed by atoms with Crippen LogP contribution in [0.3, 0.4) is 0 Å². The Morgan fingerprint density at radius 1 is 1.21 bits per heavy atom. The van der Waals surface area contributed by atoms with Gasteiger partial charge in [-0.05, 0) is 51.1 Å². The Balaban J connectivity index is 1.65. The second-order valence-electron chi connectivity index (χ2n) is 4.55. The topological polar surface area (TPSA) is 24.1 Å². The molecule has 14 heavy (non-hydrogen) atoms. The third kappa shape index (κ3) is 3.10. The lowest BCUT2D eigenvalue weighted by Crippen LogP contribution is -2.41. The number of nitrogens with one attached hydrogen (secondary N) is 2. The molecule has 1 unspecified atom stereocenters. The average Bonchev–Trinajstić information content (AvgIpc) is 2.29. The highest BCUT2D eigenvalue weighted by atomic mass is 15.0. The summed E-state index contributed by atoms with van der Waals surface area (Å²) in [4.78, 5) is 0. The van der Waals surface area contributed by atoms with Crippen molar-refractivity contribution in [3.63, 3.8) is 0 Å². The highest BCUT2D eigenvalue weighted by Gasteiger charge is 2.14. The zero-order chi connectivity index (χ0) is 9.64. The standard InChI is InChI=1S/C12H22N2/c1-2-4-11(5-3-1)10-14-12-6-8-13-9-7-12/h2,4,11-14H,1,3,5-10H2. The fourth-order valence-corrected chi connectivity index (χ4v) is 2.40. The lowest BCUT2D eigenvalue weighted by molar-refractivity contribution is 0.363. The summed E-state index contributed by atoms with van der Waals surface area (Å²) < 4.78 is 0. The summed E-state index contributed by atoms with van der Waals surface area (Å²) in [5.74, 6) is 0.804. The van der Waals surface area contributed by atoms with Crippen LogP contribution in [0.15, 0.2) is 12.2 Å². The van der Waals surface area contributed by atoms with Crippen LogP contribution in [0.5, 0.6) is 0 Å². The van der Waals surface area contributed by atoms with E-state index < -0.39 is 0 Å². The first-order valence-corrected chi connectivity index (χ1v) is 6.06. The van der Waals surface area contributed by atoms with E-state index in [0.717, 1.165) is 12.0 Å². The molecule has 2 heteroatoms. The minimum atomic E-state index is 0.770. The SMILES string of the molecule is C1=CC(CNC2CCNCC2)CCC1. The number of hydrogen-bond acceptors (Lipinski definition) is 2. The predicted octanol–water partition coefficient (Wildman–Crippen LogP) is 1.68. The zero-order valence-electron chi connectivity index (χ0n) is 8.97. The number of allylic oxidation sites excluding steroid dienone is 1. The maximum absolute atomic E-state index is 3.70. The monoisotopic (exact) mass is 194 g/mol. The minimum Gasteiger partial charge on any atom is -0.317 e. The van der Waals surface area contributed by atoms with Crippen molar-refractivity contribution in [2.75, 3.05) is 19.6 Å². The van der Waals surface area contributed by atoms with Gasteiger partial charge < -0.3 is 10.6 Å². The lowest BCUT2D eigenvalue weighted by Gasteiger charge is -2.26. The minimum absolute atomic E-state index is 0.770. The van der Waals surface area contributed by atoms with Gasteiger partial charge in [0.2, 0.25) is 0 Å². The molecule has 1 fully saturated rings. The van der Waals surface area contributed by atoms with Gasteiger partial charge in [0.1, 0.15) is 0 Å². The van der Waals surface area contributed by atoms with Gasteiger partial charge in [-0.1, -0.05) is 12.2 Å². The molecular weight excluding hydrogens is 172 g/mol. The first kappa shape index (κ1) is 10.2. The highest BCUT2D eigenvalue weighted by molar-refractivity contribution is 4.94.